The molecular weight excluding hydrogens is 414 g/mol. The number of amides is 3. The average molecular weight is 446 g/mol. The molecular formula is C26H31N5O2. The van der Waals surface area contributed by atoms with Gasteiger partial charge in [-0.05, 0) is 62.2 Å². The molecule has 0 aliphatic carbocycles. The van der Waals surface area contributed by atoms with Crippen LogP contribution < -0.4 is 10.6 Å². The van der Waals surface area contributed by atoms with Gasteiger partial charge in [0.15, 0.2) is 0 Å². The first kappa shape index (κ1) is 22.6. The zero-order valence-electron chi connectivity index (χ0n) is 19.5. The molecule has 2 aromatic rings. The van der Waals surface area contributed by atoms with Crippen LogP contribution in [0.4, 0.5) is 16.2 Å². The Bertz CT molecular complexity index is 1060. The van der Waals surface area contributed by atoms with Gasteiger partial charge in [-0.2, -0.15) is 0 Å². The summed E-state index contributed by atoms with van der Waals surface area (Å²) in [4.78, 5) is 33.4. The van der Waals surface area contributed by atoms with E-state index in [0.717, 1.165) is 28.9 Å². The van der Waals surface area contributed by atoms with Crippen LogP contribution in [0, 0.1) is 20.8 Å². The van der Waals surface area contributed by atoms with Gasteiger partial charge in [0.1, 0.15) is 0 Å². The van der Waals surface area contributed by atoms with E-state index in [1.54, 1.807) is 11.1 Å². The van der Waals surface area contributed by atoms with Crippen molar-refractivity contribution in [2.45, 2.75) is 33.2 Å². The third kappa shape index (κ3) is 5.42. The maximum atomic E-state index is 12.9. The van der Waals surface area contributed by atoms with E-state index in [0.29, 0.717) is 31.7 Å². The molecule has 4 rings (SSSR count). The minimum absolute atomic E-state index is 0.00322. The third-order valence-corrected chi connectivity index (χ3v) is 6.12. The zero-order chi connectivity index (χ0) is 23.4. The molecule has 7 heteroatoms. The number of hydrogen-bond donors (Lipinski definition) is 2. The van der Waals surface area contributed by atoms with Crippen molar-refractivity contribution in [1.82, 2.24) is 9.80 Å². The quantitative estimate of drug-likeness (QED) is 0.734. The summed E-state index contributed by atoms with van der Waals surface area (Å²) in [7, 11) is 0. The first-order valence-corrected chi connectivity index (χ1v) is 11.4. The van der Waals surface area contributed by atoms with Gasteiger partial charge in [-0.1, -0.05) is 17.7 Å². The van der Waals surface area contributed by atoms with Crippen LogP contribution in [-0.4, -0.2) is 60.2 Å². The van der Waals surface area contributed by atoms with E-state index < -0.39 is 0 Å². The van der Waals surface area contributed by atoms with E-state index >= 15 is 0 Å². The molecule has 0 bridgehead atoms. The van der Waals surface area contributed by atoms with Gasteiger partial charge in [-0.25, -0.2) is 4.79 Å². The van der Waals surface area contributed by atoms with Crippen LogP contribution in [0.2, 0.25) is 0 Å². The number of benzene rings is 2. The summed E-state index contributed by atoms with van der Waals surface area (Å²) in [6, 6.07) is 11.8. The molecule has 2 aliphatic heterocycles. The number of rotatable bonds is 4. The van der Waals surface area contributed by atoms with Crippen LogP contribution in [0.5, 0.6) is 0 Å². The first-order valence-electron chi connectivity index (χ1n) is 11.4. The van der Waals surface area contributed by atoms with Gasteiger partial charge < -0.3 is 20.4 Å². The lowest BCUT2D eigenvalue weighted by Crippen LogP contribution is -2.51. The van der Waals surface area contributed by atoms with Gasteiger partial charge in [-0.3, -0.25) is 9.79 Å². The molecule has 2 aromatic carbocycles. The summed E-state index contributed by atoms with van der Waals surface area (Å²) in [5.74, 6) is -0.00322. The molecule has 1 unspecified atom stereocenters. The molecule has 0 aromatic heterocycles. The van der Waals surface area contributed by atoms with Gasteiger partial charge in [0, 0.05) is 62.0 Å². The Morgan fingerprint density at radius 3 is 2.18 bits per heavy atom. The number of aliphatic imine (C=N–C) groups is 1. The Hall–Kier alpha value is -3.61. The SMILES string of the molecule is Cc1cc(C)c(NC(=O)N2CCN(C(=O)c3ccc(NC4C=CN=CC4)cc3)CC2)c(C)c1. The summed E-state index contributed by atoms with van der Waals surface area (Å²) in [6.45, 7) is 8.12. The molecule has 33 heavy (non-hydrogen) atoms. The van der Waals surface area contributed by atoms with Crippen LogP contribution in [0.15, 0.2) is 53.7 Å². The molecule has 1 fully saturated rings. The van der Waals surface area contributed by atoms with Crippen molar-refractivity contribution in [2.24, 2.45) is 4.99 Å². The molecule has 172 valence electrons. The normalized spacial score (nSPS) is 17.7. The van der Waals surface area contributed by atoms with Crippen molar-refractivity contribution in [3.63, 3.8) is 0 Å². The fourth-order valence-corrected chi connectivity index (χ4v) is 4.36. The van der Waals surface area contributed by atoms with E-state index in [9.17, 15) is 9.59 Å². The van der Waals surface area contributed by atoms with Gasteiger partial charge >= 0.3 is 6.03 Å². The van der Waals surface area contributed by atoms with Crippen LogP contribution in [0.3, 0.4) is 0 Å². The summed E-state index contributed by atoms with van der Waals surface area (Å²) in [5, 5.41) is 6.48. The average Bonchev–Trinajstić information content (AvgIpc) is 2.82. The Kier molecular flexibility index (Phi) is 6.77. The predicted molar refractivity (Wildman–Crippen MR) is 133 cm³/mol. The summed E-state index contributed by atoms with van der Waals surface area (Å²) in [6.07, 6.45) is 6.55. The van der Waals surface area contributed by atoms with E-state index in [4.69, 9.17) is 0 Å². The summed E-state index contributed by atoms with van der Waals surface area (Å²) < 4.78 is 0. The molecule has 1 atom stereocenters. The number of nitrogens with zero attached hydrogens (tertiary/aromatic N) is 3. The highest BCUT2D eigenvalue weighted by atomic mass is 16.2. The van der Waals surface area contributed by atoms with Crippen molar-refractivity contribution in [2.75, 3.05) is 36.8 Å². The fourth-order valence-electron chi connectivity index (χ4n) is 4.36. The second-order valence-electron chi connectivity index (χ2n) is 8.72. The van der Waals surface area contributed by atoms with Crippen LogP contribution in [-0.2, 0) is 0 Å². The number of urea groups is 1. The molecule has 2 heterocycles. The Morgan fingerprint density at radius 2 is 1.58 bits per heavy atom. The molecule has 2 N–H and O–H groups in total. The molecule has 3 amide bonds. The molecule has 0 radical (unpaired) electrons. The van der Waals surface area contributed by atoms with E-state index in [1.165, 1.54) is 5.56 Å². The summed E-state index contributed by atoms with van der Waals surface area (Å²) in [5.41, 5.74) is 5.79. The lowest BCUT2D eigenvalue weighted by atomic mass is 10.1. The number of nitrogens with one attached hydrogen (secondary N) is 2. The van der Waals surface area contributed by atoms with E-state index in [-0.39, 0.29) is 18.0 Å². The fraction of sp³-hybridized carbons (Fsp3) is 0.346. The topological polar surface area (TPSA) is 77.0 Å². The van der Waals surface area contributed by atoms with Gasteiger partial charge in [-0.15, -0.1) is 0 Å². The monoisotopic (exact) mass is 445 g/mol. The van der Waals surface area contributed by atoms with E-state index in [1.807, 2.05) is 55.3 Å². The lowest BCUT2D eigenvalue weighted by Gasteiger charge is -2.35. The first-order chi connectivity index (χ1) is 15.9. The smallest absolute Gasteiger partial charge is 0.321 e. The predicted octanol–water partition coefficient (Wildman–Crippen LogP) is 4.37. The minimum Gasteiger partial charge on any atom is -0.378 e. The number of aryl methyl sites for hydroxylation is 3. The second kappa shape index (κ2) is 9.90. The molecule has 0 saturated carbocycles. The van der Waals surface area contributed by atoms with Crippen LogP contribution in [0.25, 0.3) is 0 Å². The van der Waals surface area contributed by atoms with Crippen molar-refractivity contribution in [3.05, 3.63) is 70.9 Å². The number of anilines is 2. The molecule has 7 nitrogen and oxygen atoms in total. The second-order valence-corrected chi connectivity index (χ2v) is 8.72. The number of carbonyl (C=O) groups excluding carboxylic acids is 2. The van der Waals surface area contributed by atoms with Crippen molar-refractivity contribution < 1.29 is 9.59 Å². The third-order valence-electron chi connectivity index (χ3n) is 6.12. The standard InChI is InChI=1S/C26H31N5O2/c1-18-16-19(2)24(20(3)17-18)29-26(33)31-14-12-30(13-15-31)25(32)21-4-6-22(7-5-21)28-23-8-10-27-11-9-23/h4-8,10-11,16-17,23,28H,9,12-15H2,1-3H3,(H,29,33). The van der Waals surface area contributed by atoms with Crippen molar-refractivity contribution in [1.29, 1.82) is 0 Å². The van der Waals surface area contributed by atoms with Gasteiger partial charge in [0.2, 0.25) is 0 Å². The number of carbonyl (C=O) groups is 2. The molecule has 2 aliphatic rings. The van der Waals surface area contributed by atoms with Gasteiger partial charge in [0.05, 0.1) is 6.04 Å². The highest BCUT2D eigenvalue weighted by Crippen LogP contribution is 2.23. The Labute approximate surface area is 195 Å². The number of piperazine rings is 1. The maximum Gasteiger partial charge on any atom is 0.321 e. The molecule has 1 saturated heterocycles. The lowest BCUT2D eigenvalue weighted by molar-refractivity contribution is 0.0671. The highest BCUT2D eigenvalue weighted by Gasteiger charge is 2.25. The van der Waals surface area contributed by atoms with E-state index in [2.05, 4.69) is 34.7 Å². The maximum absolute atomic E-state index is 12.9. The minimum atomic E-state index is -0.116. The highest BCUT2D eigenvalue weighted by molar-refractivity contribution is 5.95. The zero-order valence-corrected chi connectivity index (χ0v) is 19.5. The largest absolute Gasteiger partial charge is 0.378 e. The van der Waals surface area contributed by atoms with Crippen molar-refractivity contribution in [3.8, 4) is 0 Å². The Balaban J connectivity index is 1.30. The van der Waals surface area contributed by atoms with Crippen LogP contribution >= 0.6 is 0 Å². The van der Waals surface area contributed by atoms with Gasteiger partial charge in [0.25, 0.3) is 5.91 Å². The Morgan fingerprint density at radius 1 is 0.939 bits per heavy atom. The van der Waals surface area contributed by atoms with Crippen LogP contribution in [0.1, 0.15) is 33.5 Å². The molecule has 0 spiro atoms. The number of hydrogen-bond acceptors (Lipinski definition) is 4. The summed E-state index contributed by atoms with van der Waals surface area (Å²) >= 11 is 0. The van der Waals surface area contributed by atoms with Crippen molar-refractivity contribution >= 4 is 29.5 Å².